The van der Waals surface area contributed by atoms with Crippen molar-refractivity contribution in [2.75, 3.05) is 19.9 Å². The number of hydrogen-bond acceptors (Lipinski definition) is 6. The number of rotatable bonds is 9. The third kappa shape index (κ3) is 9.08. The number of methoxy groups -OCH3 is 1. The van der Waals surface area contributed by atoms with Crippen molar-refractivity contribution in [3.05, 3.63) is 54.4 Å². The summed E-state index contributed by atoms with van der Waals surface area (Å²) in [5.74, 6) is 2.91. The third-order valence-corrected chi connectivity index (χ3v) is 5.05. The molecule has 1 aliphatic carbocycles. The molecule has 1 fully saturated rings. The first-order valence-corrected chi connectivity index (χ1v) is 11.9. The maximum atomic E-state index is 9.11. The van der Waals surface area contributed by atoms with Crippen LogP contribution in [-0.2, 0) is 17.6 Å². The lowest BCUT2D eigenvalue weighted by Gasteiger charge is -2.13. The van der Waals surface area contributed by atoms with Gasteiger partial charge in [0.15, 0.2) is 11.5 Å². The minimum Gasteiger partial charge on any atom is -0.493 e. The van der Waals surface area contributed by atoms with Gasteiger partial charge < -0.3 is 25.1 Å². The third-order valence-electron chi connectivity index (χ3n) is 5.05. The Labute approximate surface area is 187 Å². The number of ether oxygens (including phenoxy) is 2. The number of nitrogens with zero attached hydrogens (tertiary/aromatic N) is 1. The molecule has 170 valence electrons. The van der Waals surface area contributed by atoms with Gasteiger partial charge in [-0.1, -0.05) is 38.3 Å². The van der Waals surface area contributed by atoms with Crippen LogP contribution in [0.5, 0.6) is 17.2 Å². The molecule has 0 radical (unpaired) electrons. The average Bonchev–Trinajstić information content (AvgIpc) is 3.25. The number of hydrogen-bond donors (Lipinski definition) is 3. The summed E-state index contributed by atoms with van der Waals surface area (Å²) in [4.78, 5) is 4.23. The monoisotopic (exact) mass is 447 g/mol. The van der Waals surface area contributed by atoms with Crippen molar-refractivity contribution >= 4 is 16.8 Å². The van der Waals surface area contributed by atoms with E-state index >= 15 is 0 Å². The van der Waals surface area contributed by atoms with Gasteiger partial charge in [-0.05, 0) is 48.7 Å². The van der Waals surface area contributed by atoms with E-state index in [4.69, 9.17) is 24.0 Å². The van der Waals surface area contributed by atoms with Crippen LogP contribution in [0.25, 0.3) is 5.70 Å². The molecule has 0 saturated heterocycles. The predicted molar refractivity (Wildman–Crippen MR) is 126 cm³/mol. The fraction of sp³-hybridized carbons (Fsp3) is 0.435. The van der Waals surface area contributed by atoms with Crippen LogP contribution in [0.1, 0.15) is 43.4 Å². The lowest BCUT2D eigenvalue weighted by Crippen LogP contribution is -2.17. The van der Waals surface area contributed by atoms with Crippen molar-refractivity contribution in [2.24, 2.45) is 11.7 Å². The minimum absolute atomic E-state index is 0.434. The fourth-order valence-electron chi connectivity index (χ4n) is 3.50. The van der Waals surface area contributed by atoms with Gasteiger partial charge in [-0.2, -0.15) is 0 Å². The van der Waals surface area contributed by atoms with Crippen molar-refractivity contribution in [1.29, 1.82) is 0 Å². The van der Waals surface area contributed by atoms with Crippen molar-refractivity contribution < 1.29 is 18.2 Å². The number of nitrogens with one attached hydrogen (secondary N) is 1. The largest absolute Gasteiger partial charge is 0.493 e. The number of aromatic nitrogens is 1. The molecule has 1 atom stereocenters. The van der Waals surface area contributed by atoms with E-state index in [1.807, 2.05) is 18.2 Å². The zero-order chi connectivity index (χ0) is 22.6. The quantitative estimate of drug-likeness (QED) is 0.388. The molecular weight excluding hydrogens is 414 g/mol. The van der Waals surface area contributed by atoms with E-state index in [9.17, 15) is 0 Å². The summed E-state index contributed by atoms with van der Waals surface area (Å²) in [6.45, 7) is 5.57. The lowest BCUT2D eigenvalue weighted by molar-refractivity contribution is 0.377. The Morgan fingerprint density at radius 2 is 2.00 bits per heavy atom. The summed E-state index contributed by atoms with van der Waals surface area (Å²) >= 11 is -1.61. The molecule has 1 aromatic heterocycles. The highest BCUT2D eigenvalue weighted by molar-refractivity contribution is 7.78. The van der Waals surface area contributed by atoms with Crippen molar-refractivity contribution in [2.45, 2.75) is 38.6 Å². The second kappa shape index (κ2) is 13.1. The molecule has 2 aromatic rings. The Bertz CT molecular complexity index is 848. The van der Waals surface area contributed by atoms with Gasteiger partial charge in [-0.15, -0.1) is 0 Å². The normalized spacial score (nSPS) is 14.4. The summed E-state index contributed by atoms with van der Waals surface area (Å²) in [7, 11) is 1.65. The topological polar surface area (TPSA) is 107 Å². The minimum atomic E-state index is -1.61. The van der Waals surface area contributed by atoms with Crippen molar-refractivity contribution in [3.8, 4) is 17.2 Å². The second-order valence-corrected chi connectivity index (χ2v) is 8.38. The van der Waals surface area contributed by atoms with Crippen molar-refractivity contribution in [1.82, 2.24) is 10.3 Å². The fourth-order valence-corrected chi connectivity index (χ4v) is 3.50. The zero-order valence-corrected chi connectivity index (χ0v) is 19.1. The summed E-state index contributed by atoms with van der Waals surface area (Å²) in [6, 6.07) is 9.61. The summed E-state index contributed by atoms with van der Waals surface area (Å²) in [5, 5.41) is 3.54. The van der Waals surface area contributed by atoms with Gasteiger partial charge in [-0.3, -0.25) is 4.98 Å². The Kier molecular flexibility index (Phi) is 10.5. The molecular formula is C23H33N3O4S. The molecule has 7 nitrogen and oxygen atoms in total. The first-order chi connectivity index (χ1) is 14.9. The van der Waals surface area contributed by atoms with Gasteiger partial charge in [-0.25, -0.2) is 4.21 Å². The highest BCUT2D eigenvalue weighted by Gasteiger charge is 2.14. The Morgan fingerprint density at radius 3 is 2.58 bits per heavy atom. The van der Waals surface area contributed by atoms with Gasteiger partial charge in [0.25, 0.3) is 0 Å². The zero-order valence-electron chi connectivity index (χ0n) is 18.3. The van der Waals surface area contributed by atoms with Crippen LogP contribution in [0.2, 0.25) is 0 Å². The van der Waals surface area contributed by atoms with Crippen LogP contribution in [0.15, 0.2) is 43.1 Å². The molecule has 1 aromatic carbocycles. The van der Waals surface area contributed by atoms with Crippen LogP contribution in [0, 0.1) is 5.92 Å². The Hall–Kier alpha value is -2.42. The molecule has 8 heteroatoms. The van der Waals surface area contributed by atoms with E-state index in [2.05, 4.69) is 22.9 Å². The van der Waals surface area contributed by atoms with E-state index in [1.54, 1.807) is 19.4 Å². The molecule has 31 heavy (non-hydrogen) atoms. The number of nitrogens with two attached hydrogens (primary N) is 1. The van der Waals surface area contributed by atoms with Gasteiger partial charge in [0.1, 0.15) is 16.8 Å². The smallest absolute Gasteiger partial charge is 0.169 e. The Balaban J connectivity index is 0.000000785. The van der Waals surface area contributed by atoms with E-state index < -0.39 is 11.1 Å². The first kappa shape index (κ1) is 24.8. The van der Waals surface area contributed by atoms with Crippen LogP contribution in [0.3, 0.4) is 0 Å². The average molecular weight is 448 g/mol. The van der Waals surface area contributed by atoms with Crippen LogP contribution < -0.4 is 20.5 Å². The molecule has 4 N–H and O–H groups in total. The van der Waals surface area contributed by atoms with Gasteiger partial charge in [0.2, 0.25) is 0 Å². The molecule has 0 spiro atoms. The molecule has 0 aliphatic heterocycles. The highest BCUT2D eigenvalue weighted by atomic mass is 32.2. The van der Waals surface area contributed by atoms with E-state index in [0.717, 1.165) is 19.0 Å². The van der Waals surface area contributed by atoms with E-state index in [1.165, 1.54) is 43.9 Å². The van der Waals surface area contributed by atoms with Crippen molar-refractivity contribution in [3.63, 3.8) is 0 Å². The molecule has 1 aliphatic rings. The van der Waals surface area contributed by atoms with Gasteiger partial charge >= 0.3 is 0 Å². The number of benzene rings is 1. The first-order valence-electron chi connectivity index (χ1n) is 10.4. The molecule has 0 bridgehead atoms. The van der Waals surface area contributed by atoms with E-state index in [-0.39, 0.29) is 0 Å². The predicted octanol–water partition coefficient (Wildman–Crippen LogP) is 4.32. The van der Waals surface area contributed by atoms with Crippen LogP contribution in [-0.4, -0.2) is 33.7 Å². The molecule has 1 heterocycles. The van der Waals surface area contributed by atoms with Crippen LogP contribution in [0.4, 0.5) is 0 Å². The summed E-state index contributed by atoms with van der Waals surface area (Å²) < 4.78 is 28.0. The molecule has 1 unspecified atom stereocenters. The second-order valence-electron chi connectivity index (χ2n) is 7.53. The van der Waals surface area contributed by atoms with Crippen LogP contribution >= 0.6 is 0 Å². The lowest BCUT2D eigenvalue weighted by atomic mass is 10.0. The standard InChI is InChI=1S/C22H29N3O2.CH4O2S/c1-16(23)20-9-8-19(15-25-20)27-21-10-7-18(13-22(21)26-2)14-24-12-11-17-5-3-4-6-17;1-4(2)3/h7-10,13,15,17,24H,1,3-6,11-12,14,23H2,2H3;1H3,(H,2,3). The maximum Gasteiger partial charge on any atom is 0.169 e. The Morgan fingerprint density at radius 1 is 1.29 bits per heavy atom. The maximum absolute atomic E-state index is 9.11. The molecule has 1 saturated carbocycles. The van der Waals surface area contributed by atoms with Gasteiger partial charge in [0, 0.05) is 12.8 Å². The van der Waals surface area contributed by atoms with E-state index in [0.29, 0.717) is 28.6 Å². The number of pyridine rings is 1. The summed E-state index contributed by atoms with van der Waals surface area (Å²) in [5.41, 5.74) is 7.90. The summed E-state index contributed by atoms with van der Waals surface area (Å²) in [6.07, 6.45) is 9.71. The molecule has 3 rings (SSSR count). The highest BCUT2D eigenvalue weighted by Crippen LogP contribution is 2.32. The molecule has 0 amide bonds. The SMILES string of the molecule is C=C(N)c1ccc(Oc2ccc(CNCCC3CCCC3)cc2OC)cn1.CS(=O)O. The van der Waals surface area contributed by atoms with Gasteiger partial charge in [0.05, 0.1) is 24.7 Å².